The van der Waals surface area contributed by atoms with Crippen LogP contribution in [0.1, 0.15) is 20.8 Å². The molecule has 0 spiro atoms. The topological polar surface area (TPSA) is 50.8 Å². The van der Waals surface area contributed by atoms with Crippen LogP contribution in [0.5, 0.6) is 0 Å². The molecule has 0 unspecified atom stereocenters. The minimum absolute atomic E-state index is 0.0773. The Morgan fingerprint density at radius 2 is 1.65 bits per heavy atom. The van der Waals surface area contributed by atoms with E-state index >= 15 is 0 Å². The van der Waals surface area contributed by atoms with E-state index in [1.165, 1.54) is 0 Å². The van der Waals surface area contributed by atoms with Crippen molar-refractivity contribution in [3.63, 3.8) is 0 Å². The fraction of sp³-hybridized carbons (Fsp3) is 0.917. The summed E-state index contributed by atoms with van der Waals surface area (Å²) in [6.45, 7) is 8.80. The first-order valence-corrected chi connectivity index (χ1v) is 6.01. The number of hydrogen-bond acceptors (Lipinski definition) is 4. The second-order valence-electron chi connectivity index (χ2n) is 4.43. The van der Waals surface area contributed by atoms with E-state index in [-0.39, 0.29) is 5.91 Å². The van der Waals surface area contributed by atoms with Crippen molar-refractivity contribution in [2.45, 2.75) is 26.3 Å². The highest BCUT2D eigenvalue weighted by Crippen LogP contribution is 2.08. The summed E-state index contributed by atoms with van der Waals surface area (Å²) >= 11 is 0. The SMILES string of the molecule is CCNC(C)(C)C(=O)N(CCOC)CCOC. The zero-order chi connectivity index (χ0) is 13.3. The highest BCUT2D eigenvalue weighted by molar-refractivity contribution is 5.85. The molecule has 0 fully saturated rings. The minimum Gasteiger partial charge on any atom is -0.383 e. The number of nitrogens with one attached hydrogen (secondary N) is 1. The van der Waals surface area contributed by atoms with Gasteiger partial charge in [0.25, 0.3) is 0 Å². The van der Waals surface area contributed by atoms with Crippen molar-refractivity contribution < 1.29 is 14.3 Å². The van der Waals surface area contributed by atoms with Gasteiger partial charge < -0.3 is 19.7 Å². The number of amides is 1. The van der Waals surface area contributed by atoms with Crippen LogP contribution in [0.3, 0.4) is 0 Å². The molecule has 0 aliphatic rings. The molecule has 0 aliphatic carbocycles. The van der Waals surface area contributed by atoms with Crippen LogP contribution < -0.4 is 5.32 Å². The van der Waals surface area contributed by atoms with Gasteiger partial charge in [-0.25, -0.2) is 0 Å². The zero-order valence-electron chi connectivity index (χ0n) is 11.7. The van der Waals surface area contributed by atoms with E-state index in [9.17, 15) is 4.79 Å². The van der Waals surface area contributed by atoms with Crippen molar-refractivity contribution in [1.82, 2.24) is 10.2 Å². The average molecular weight is 246 g/mol. The number of carbonyl (C=O) groups is 1. The highest BCUT2D eigenvalue weighted by atomic mass is 16.5. The molecule has 17 heavy (non-hydrogen) atoms. The Hall–Kier alpha value is -0.650. The first-order chi connectivity index (χ1) is 7.99. The number of ether oxygens (including phenoxy) is 2. The second-order valence-corrected chi connectivity index (χ2v) is 4.43. The molecule has 0 rings (SSSR count). The summed E-state index contributed by atoms with van der Waals surface area (Å²) in [6.07, 6.45) is 0. The lowest BCUT2D eigenvalue weighted by Gasteiger charge is -2.32. The van der Waals surface area contributed by atoms with Crippen LogP contribution in [0.25, 0.3) is 0 Å². The molecule has 1 amide bonds. The van der Waals surface area contributed by atoms with Gasteiger partial charge in [0.05, 0.1) is 18.8 Å². The second kappa shape index (κ2) is 8.44. The maximum Gasteiger partial charge on any atom is 0.242 e. The molecule has 0 aromatic heterocycles. The van der Waals surface area contributed by atoms with Crippen LogP contribution in [0.15, 0.2) is 0 Å². The van der Waals surface area contributed by atoms with Crippen molar-refractivity contribution in [3.05, 3.63) is 0 Å². The normalized spacial score (nSPS) is 11.6. The van der Waals surface area contributed by atoms with E-state index < -0.39 is 5.54 Å². The number of methoxy groups -OCH3 is 2. The summed E-state index contributed by atoms with van der Waals surface area (Å²) in [5.41, 5.74) is -0.545. The van der Waals surface area contributed by atoms with Gasteiger partial charge in [0.2, 0.25) is 5.91 Å². The quantitative estimate of drug-likeness (QED) is 0.643. The maximum absolute atomic E-state index is 12.3. The summed E-state index contributed by atoms with van der Waals surface area (Å²) in [4.78, 5) is 14.1. The van der Waals surface area contributed by atoms with Gasteiger partial charge in [-0.3, -0.25) is 4.79 Å². The molecule has 0 heterocycles. The summed E-state index contributed by atoms with van der Waals surface area (Å²) in [5, 5.41) is 3.18. The first-order valence-electron chi connectivity index (χ1n) is 6.01. The van der Waals surface area contributed by atoms with E-state index in [1.54, 1.807) is 19.1 Å². The van der Waals surface area contributed by atoms with Gasteiger partial charge in [0.15, 0.2) is 0 Å². The van der Waals surface area contributed by atoms with Crippen LogP contribution >= 0.6 is 0 Å². The van der Waals surface area contributed by atoms with Crippen LogP contribution in [-0.4, -0.2) is 63.4 Å². The molecule has 0 saturated heterocycles. The molecule has 102 valence electrons. The van der Waals surface area contributed by atoms with Crippen LogP contribution in [0.4, 0.5) is 0 Å². The summed E-state index contributed by atoms with van der Waals surface area (Å²) < 4.78 is 10.0. The molecular weight excluding hydrogens is 220 g/mol. The van der Waals surface area contributed by atoms with Gasteiger partial charge in [-0.1, -0.05) is 6.92 Å². The Bertz CT molecular complexity index is 212. The Morgan fingerprint density at radius 3 is 2.00 bits per heavy atom. The van der Waals surface area contributed by atoms with E-state index in [2.05, 4.69) is 5.32 Å². The van der Waals surface area contributed by atoms with Crippen molar-refractivity contribution in [3.8, 4) is 0 Å². The molecule has 0 saturated carbocycles. The van der Waals surface area contributed by atoms with E-state index in [1.807, 2.05) is 20.8 Å². The molecule has 0 aromatic rings. The summed E-state index contributed by atoms with van der Waals surface area (Å²) in [6, 6.07) is 0. The van der Waals surface area contributed by atoms with Crippen LogP contribution in [0, 0.1) is 0 Å². The summed E-state index contributed by atoms with van der Waals surface area (Å²) in [7, 11) is 3.27. The van der Waals surface area contributed by atoms with Crippen LogP contribution in [0.2, 0.25) is 0 Å². The molecular formula is C12H26N2O3. The third kappa shape index (κ3) is 6.00. The fourth-order valence-corrected chi connectivity index (χ4v) is 1.63. The maximum atomic E-state index is 12.3. The molecule has 5 nitrogen and oxygen atoms in total. The Balaban J connectivity index is 4.48. The van der Waals surface area contributed by atoms with Crippen molar-refractivity contribution in [2.24, 2.45) is 0 Å². The number of nitrogens with zero attached hydrogens (tertiary/aromatic N) is 1. The van der Waals surface area contributed by atoms with Gasteiger partial charge in [-0.15, -0.1) is 0 Å². The fourth-order valence-electron chi connectivity index (χ4n) is 1.63. The van der Waals surface area contributed by atoms with Gasteiger partial charge in [-0.05, 0) is 20.4 Å². The monoisotopic (exact) mass is 246 g/mol. The lowest BCUT2D eigenvalue weighted by molar-refractivity contribution is -0.138. The number of hydrogen-bond donors (Lipinski definition) is 1. The van der Waals surface area contributed by atoms with Gasteiger partial charge in [0, 0.05) is 27.3 Å². The highest BCUT2D eigenvalue weighted by Gasteiger charge is 2.30. The Kier molecular flexibility index (Phi) is 8.12. The smallest absolute Gasteiger partial charge is 0.242 e. The van der Waals surface area contributed by atoms with Crippen molar-refractivity contribution >= 4 is 5.91 Å². The lowest BCUT2D eigenvalue weighted by Crippen LogP contribution is -2.55. The standard InChI is InChI=1S/C12H26N2O3/c1-6-13-12(2,3)11(15)14(7-9-16-4)8-10-17-5/h13H,6-10H2,1-5H3. The Labute approximate surface area is 104 Å². The Morgan fingerprint density at radius 1 is 1.18 bits per heavy atom. The third-order valence-electron chi connectivity index (χ3n) is 2.57. The number of likely N-dealkylation sites (N-methyl/N-ethyl adjacent to an activating group) is 1. The van der Waals surface area contributed by atoms with Crippen LogP contribution in [-0.2, 0) is 14.3 Å². The van der Waals surface area contributed by atoms with Gasteiger partial charge >= 0.3 is 0 Å². The lowest BCUT2D eigenvalue weighted by atomic mass is 10.0. The third-order valence-corrected chi connectivity index (χ3v) is 2.57. The predicted molar refractivity (Wildman–Crippen MR) is 68.1 cm³/mol. The van der Waals surface area contributed by atoms with E-state index in [4.69, 9.17) is 9.47 Å². The molecule has 0 bridgehead atoms. The van der Waals surface area contributed by atoms with E-state index in [0.717, 1.165) is 6.54 Å². The molecule has 0 aliphatic heterocycles. The molecule has 1 N–H and O–H groups in total. The average Bonchev–Trinajstić information content (AvgIpc) is 2.28. The molecule has 0 aromatic carbocycles. The molecule has 5 heteroatoms. The minimum atomic E-state index is -0.545. The zero-order valence-corrected chi connectivity index (χ0v) is 11.7. The number of carbonyl (C=O) groups excluding carboxylic acids is 1. The van der Waals surface area contributed by atoms with Crippen molar-refractivity contribution in [2.75, 3.05) is 47.1 Å². The summed E-state index contributed by atoms with van der Waals surface area (Å²) in [5.74, 6) is 0.0773. The first kappa shape index (κ1) is 16.4. The van der Waals surface area contributed by atoms with E-state index in [0.29, 0.717) is 26.3 Å². The van der Waals surface area contributed by atoms with Crippen molar-refractivity contribution in [1.29, 1.82) is 0 Å². The number of rotatable bonds is 9. The largest absolute Gasteiger partial charge is 0.383 e. The molecule has 0 atom stereocenters. The predicted octanol–water partition coefficient (Wildman–Crippen LogP) is 0.496. The van der Waals surface area contributed by atoms with Gasteiger partial charge in [0.1, 0.15) is 0 Å². The molecule has 0 radical (unpaired) electrons. The van der Waals surface area contributed by atoms with Gasteiger partial charge in [-0.2, -0.15) is 0 Å².